The van der Waals surface area contributed by atoms with Gasteiger partial charge < -0.3 is 14.6 Å². The number of hydrogen-bond donors (Lipinski definition) is 1. The van der Waals surface area contributed by atoms with Gasteiger partial charge in [-0.05, 0) is 0 Å². The Morgan fingerprint density at radius 1 is 1.29 bits per heavy atom. The molecule has 0 aromatic carbocycles. The highest BCUT2D eigenvalue weighted by molar-refractivity contribution is 14.1. The third-order valence-electron chi connectivity index (χ3n) is 1.89. The summed E-state index contributed by atoms with van der Waals surface area (Å²) in [5.41, 5.74) is -0.609. The molecule has 6 nitrogen and oxygen atoms in total. The first-order valence-corrected chi connectivity index (χ1v) is 6.26. The van der Waals surface area contributed by atoms with Crippen LogP contribution in [0.25, 0.3) is 0 Å². The van der Waals surface area contributed by atoms with Crippen LogP contribution >= 0.6 is 22.6 Å². The minimum absolute atomic E-state index is 0.171. The van der Waals surface area contributed by atoms with Gasteiger partial charge in [-0.2, -0.15) is 0 Å². The molecule has 0 amide bonds. The van der Waals surface area contributed by atoms with Crippen molar-refractivity contribution >= 4 is 40.3 Å². The summed E-state index contributed by atoms with van der Waals surface area (Å²) in [7, 11) is 0. The summed E-state index contributed by atoms with van der Waals surface area (Å²) < 4.78 is 9.73. The van der Waals surface area contributed by atoms with Crippen molar-refractivity contribution in [3.05, 3.63) is 11.3 Å². The molecule has 17 heavy (non-hydrogen) atoms. The normalized spacial score (nSPS) is 18.4. The van der Waals surface area contributed by atoms with Gasteiger partial charge in [0.05, 0.1) is 10.8 Å². The lowest BCUT2D eigenvalue weighted by Gasteiger charge is -2.30. The highest BCUT2D eigenvalue weighted by Crippen LogP contribution is 2.24. The van der Waals surface area contributed by atoms with Crippen molar-refractivity contribution in [1.82, 2.24) is 0 Å². The van der Waals surface area contributed by atoms with Crippen LogP contribution in [0.4, 0.5) is 0 Å². The van der Waals surface area contributed by atoms with Crippen LogP contribution < -0.4 is 0 Å². The predicted octanol–water partition coefficient (Wildman–Crippen LogP) is 1.03. The lowest BCUT2D eigenvalue weighted by atomic mass is 10.1. The van der Waals surface area contributed by atoms with Crippen LogP contribution in [0.1, 0.15) is 20.3 Å². The Kier molecular flexibility index (Phi) is 4.12. The van der Waals surface area contributed by atoms with Crippen LogP contribution in [0.5, 0.6) is 0 Å². The van der Waals surface area contributed by atoms with Gasteiger partial charge in [0.25, 0.3) is 5.79 Å². The van der Waals surface area contributed by atoms with E-state index in [1.54, 1.807) is 0 Å². The molecule has 7 heteroatoms. The third kappa shape index (κ3) is 3.42. The van der Waals surface area contributed by atoms with E-state index in [1.807, 2.05) is 22.6 Å². The molecule has 0 unspecified atom stereocenters. The second kappa shape index (κ2) is 5.03. The molecule has 1 aliphatic heterocycles. The van der Waals surface area contributed by atoms with E-state index in [-0.39, 0.29) is 16.6 Å². The molecule has 1 rings (SSSR count). The first-order valence-electron chi connectivity index (χ1n) is 4.73. The van der Waals surface area contributed by atoms with E-state index in [9.17, 15) is 19.5 Å². The Morgan fingerprint density at radius 3 is 2.18 bits per heavy atom. The molecular weight excluding hydrogens is 343 g/mol. The van der Waals surface area contributed by atoms with E-state index in [2.05, 4.69) is 0 Å². The molecule has 1 N–H and O–H groups in total. The molecule has 0 aromatic heterocycles. The first kappa shape index (κ1) is 13.9. The number of ketones is 1. The van der Waals surface area contributed by atoms with Gasteiger partial charge in [-0.3, -0.25) is 4.79 Å². The molecule has 1 aliphatic rings. The van der Waals surface area contributed by atoms with Gasteiger partial charge in [0.15, 0.2) is 5.57 Å². The molecule has 1 saturated heterocycles. The fourth-order valence-electron chi connectivity index (χ4n) is 1.21. The van der Waals surface area contributed by atoms with Crippen molar-refractivity contribution in [2.75, 3.05) is 4.43 Å². The van der Waals surface area contributed by atoms with Gasteiger partial charge in [-0.25, -0.2) is 9.59 Å². The summed E-state index contributed by atoms with van der Waals surface area (Å²) in [6.45, 7) is 2.79. The number of alkyl halides is 1. The third-order valence-corrected chi connectivity index (χ3v) is 2.74. The smallest absolute Gasteiger partial charge is 0.352 e. The molecule has 0 bridgehead atoms. The fourth-order valence-corrected chi connectivity index (χ4v) is 1.48. The van der Waals surface area contributed by atoms with E-state index in [1.165, 1.54) is 13.8 Å². The Balaban J connectivity index is 2.97. The number of Topliss-reactive ketones (excluding diaryl/α,β-unsaturated/α-hetero) is 1. The molecule has 0 spiro atoms. The zero-order valence-corrected chi connectivity index (χ0v) is 11.4. The van der Waals surface area contributed by atoms with E-state index >= 15 is 0 Å². The van der Waals surface area contributed by atoms with Gasteiger partial charge in [0, 0.05) is 13.8 Å². The number of hydrogen-bond acceptors (Lipinski definition) is 6. The van der Waals surface area contributed by atoms with Crippen LogP contribution in [0.3, 0.4) is 0 Å². The summed E-state index contributed by atoms with van der Waals surface area (Å²) in [6, 6.07) is 0. The lowest BCUT2D eigenvalue weighted by molar-refractivity contribution is -0.222. The van der Waals surface area contributed by atoms with Gasteiger partial charge in [0.1, 0.15) is 11.5 Å². The SMILES string of the molecule is CC1(C)OC(=O)C(=C(O)CC(=O)CI)C(=O)O1. The topological polar surface area (TPSA) is 89.9 Å². The number of esters is 2. The molecule has 0 saturated carbocycles. The van der Waals surface area contributed by atoms with Crippen molar-refractivity contribution in [2.45, 2.75) is 26.1 Å². The quantitative estimate of drug-likeness (QED) is 0.203. The summed E-state index contributed by atoms with van der Waals surface area (Å²) in [6.07, 6.45) is -0.386. The Hall–Kier alpha value is -1.12. The van der Waals surface area contributed by atoms with Crippen LogP contribution in [0, 0.1) is 0 Å². The molecule has 0 radical (unpaired) electrons. The van der Waals surface area contributed by atoms with E-state index in [0.29, 0.717) is 0 Å². The largest absolute Gasteiger partial charge is 0.511 e. The number of aliphatic hydroxyl groups excluding tert-OH is 1. The molecular formula is C10H11IO6. The average molecular weight is 354 g/mol. The number of rotatable bonds is 3. The highest BCUT2D eigenvalue weighted by atomic mass is 127. The van der Waals surface area contributed by atoms with E-state index in [0.717, 1.165) is 0 Å². The zero-order chi connectivity index (χ0) is 13.2. The van der Waals surface area contributed by atoms with Crippen LogP contribution in [0.2, 0.25) is 0 Å². The van der Waals surface area contributed by atoms with E-state index in [4.69, 9.17) is 9.47 Å². The van der Waals surface area contributed by atoms with Crippen LogP contribution in [-0.2, 0) is 23.9 Å². The summed E-state index contributed by atoms with van der Waals surface area (Å²) in [5, 5.41) is 9.54. The average Bonchev–Trinajstić information content (AvgIpc) is 2.13. The number of aliphatic hydroxyl groups is 1. The molecule has 0 aliphatic carbocycles. The Morgan fingerprint density at radius 2 is 1.76 bits per heavy atom. The standard InChI is InChI=1S/C10H11IO6/c1-10(2)16-8(14)7(9(15)17-10)6(13)3-5(12)4-11/h13H,3-4H2,1-2H3. The number of allylic oxidation sites excluding steroid dienone is 1. The highest BCUT2D eigenvalue weighted by Gasteiger charge is 2.41. The summed E-state index contributed by atoms with van der Waals surface area (Å²) >= 11 is 1.82. The number of cyclic esters (lactones) is 2. The molecule has 1 fully saturated rings. The Labute approximate surface area is 111 Å². The molecule has 0 atom stereocenters. The van der Waals surface area contributed by atoms with Gasteiger partial charge in [0.2, 0.25) is 0 Å². The maximum absolute atomic E-state index is 11.5. The minimum atomic E-state index is -1.36. The summed E-state index contributed by atoms with van der Waals surface area (Å²) in [4.78, 5) is 34.1. The number of carbonyl (C=O) groups excluding carboxylic acids is 3. The first-order chi connectivity index (χ1) is 7.76. The van der Waals surface area contributed by atoms with Crippen LogP contribution in [-0.4, -0.2) is 33.0 Å². The molecule has 1 heterocycles. The van der Waals surface area contributed by atoms with Crippen LogP contribution in [0.15, 0.2) is 11.3 Å². The Bertz CT molecular complexity index is 387. The van der Waals surface area contributed by atoms with Crippen molar-refractivity contribution in [3.8, 4) is 0 Å². The van der Waals surface area contributed by atoms with Crippen molar-refractivity contribution in [3.63, 3.8) is 0 Å². The van der Waals surface area contributed by atoms with Gasteiger partial charge >= 0.3 is 11.9 Å². The van der Waals surface area contributed by atoms with Crippen molar-refractivity contribution < 1.29 is 29.0 Å². The lowest BCUT2D eigenvalue weighted by Crippen LogP contribution is -2.42. The van der Waals surface area contributed by atoms with Crippen molar-refractivity contribution in [1.29, 1.82) is 0 Å². The summed E-state index contributed by atoms with van der Waals surface area (Å²) in [5.74, 6) is -4.24. The minimum Gasteiger partial charge on any atom is -0.511 e. The second-order valence-electron chi connectivity index (χ2n) is 3.85. The predicted molar refractivity (Wildman–Crippen MR) is 64.4 cm³/mol. The molecule has 0 aromatic rings. The van der Waals surface area contributed by atoms with Gasteiger partial charge in [-0.15, -0.1) is 0 Å². The fraction of sp³-hybridized carbons (Fsp3) is 0.500. The second-order valence-corrected chi connectivity index (χ2v) is 4.61. The monoisotopic (exact) mass is 354 g/mol. The van der Waals surface area contributed by atoms with Crippen molar-refractivity contribution in [2.24, 2.45) is 0 Å². The maximum atomic E-state index is 11.5. The maximum Gasteiger partial charge on any atom is 0.352 e. The van der Waals surface area contributed by atoms with E-state index < -0.39 is 29.1 Å². The zero-order valence-electron chi connectivity index (χ0n) is 9.28. The molecule has 94 valence electrons. The number of carbonyl (C=O) groups is 3. The van der Waals surface area contributed by atoms with Gasteiger partial charge in [-0.1, -0.05) is 22.6 Å². The number of halogens is 1. The number of ether oxygens (including phenoxy) is 2.